The van der Waals surface area contributed by atoms with E-state index in [1.165, 1.54) is 48.6 Å². The van der Waals surface area contributed by atoms with Gasteiger partial charge >= 0.3 is 5.97 Å². The summed E-state index contributed by atoms with van der Waals surface area (Å²) in [7, 11) is 2.87. The normalized spacial score (nSPS) is 15.2. The number of amides is 1. The third-order valence-electron chi connectivity index (χ3n) is 5.60. The fourth-order valence-electron chi connectivity index (χ4n) is 3.99. The lowest BCUT2D eigenvalue weighted by Crippen LogP contribution is -2.17. The van der Waals surface area contributed by atoms with E-state index >= 15 is 0 Å². The molecule has 174 valence electrons. The molecule has 0 fully saturated rings. The summed E-state index contributed by atoms with van der Waals surface area (Å²) in [5.41, 5.74) is 1.38. The molecule has 0 radical (unpaired) electrons. The van der Waals surface area contributed by atoms with Crippen LogP contribution in [0.1, 0.15) is 40.0 Å². The van der Waals surface area contributed by atoms with E-state index in [-0.39, 0.29) is 28.7 Å². The maximum absolute atomic E-state index is 12.8. The molecule has 0 spiro atoms. The van der Waals surface area contributed by atoms with Gasteiger partial charge in [0.1, 0.15) is 15.7 Å². The molecule has 0 saturated heterocycles. The molecule has 33 heavy (non-hydrogen) atoms. The Morgan fingerprint density at radius 1 is 1.24 bits per heavy atom. The summed E-state index contributed by atoms with van der Waals surface area (Å²) in [6.07, 6.45) is 3.18. The molecule has 2 heterocycles. The zero-order chi connectivity index (χ0) is 23.7. The van der Waals surface area contributed by atoms with Crippen LogP contribution in [0, 0.1) is 12.8 Å². The Hall–Kier alpha value is -2.85. The maximum Gasteiger partial charge on any atom is 0.337 e. The molecule has 1 aliphatic carbocycles. The molecule has 2 aromatic heterocycles. The Balaban J connectivity index is 1.57. The molecule has 0 saturated carbocycles. The van der Waals surface area contributed by atoms with Crippen LogP contribution in [0.2, 0.25) is 0 Å². The summed E-state index contributed by atoms with van der Waals surface area (Å²) in [6.45, 7) is 4.12. The lowest BCUT2D eigenvalue weighted by atomic mass is 9.89. The van der Waals surface area contributed by atoms with E-state index in [0.717, 1.165) is 34.5 Å². The van der Waals surface area contributed by atoms with Crippen LogP contribution >= 0.6 is 23.1 Å². The molecule has 0 bridgehead atoms. The standard InChI is InChI=1S/C23H25N3O5S2/c1-11-5-6-13-18(7-11)33-22-20(13)21(24-12(2)25-22)32-10-19(27)26-15-9-17(31-4)16(30-3)8-14(15)23(28)29/h8-9,11H,5-7,10H2,1-4H3,(H,26,27)(H,28,29). The van der Waals surface area contributed by atoms with Crippen LogP contribution in [0.15, 0.2) is 17.2 Å². The van der Waals surface area contributed by atoms with Crippen molar-refractivity contribution in [2.24, 2.45) is 5.92 Å². The quantitative estimate of drug-likeness (QED) is 0.368. The fraction of sp³-hybridized carbons (Fsp3) is 0.391. The number of nitrogens with one attached hydrogen (secondary N) is 1. The number of hydrogen-bond donors (Lipinski definition) is 2. The number of carbonyl (C=O) groups excluding carboxylic acids is 1. The monoisotopic (exact) mass is 487 g/mol. The van der Waals surface area contributed by atoms with Gasteiger partial charge in [-0.05, 0) is 37.7 Å². The molecule has 1 amide bonds. The van der Waals surface area contributed by atoms with E-state index in [9.17, 15) is 14.7 Å². The topological polar surface area (TPSA) is 111 Å². The summed E-state index contributed by atoms with van der Waals surface area (Å²) in [5.74, 6) is 0.509. The van der Waals surface area contributed by atoms with E-state index in [1.807, 2.05) is 6.92 Å². The summed E-state index contributed by atoms with van der Waals surface area (Å²) in [5, 5.41) is 14.1. The molecule has 8 nitrogen and oxygen atoms in total. The number of fused-ring (bicyclic) bond motifs is 3. The van der Waals surface area contributed by atoms with Crippen molar-refractivity contribution in [2.75, 3.05) is 25.3 Å². The lowest BCUT2D eigenvalue weighted by molar-refractivity contribution is -0.113. The smallest absolute Gasteiger partial charge is 0.337 e. The number of nitrogens with zero attached hydrogens (tertiary/aromatic N) is 2. The number of carboxylic acid groups (broad SMARTS) is 1. The van der Waals surface area contributed by atoms with Gasteiger partial charge in [-0.25, -0.2) is 14.8 Å². The number of ether oxygens (including phenoxy) is 2. The van der Waals surface area contributed by atoms with Gasteiger partial charge in [-0.1, -0.05) is 18.7 Å². The van der Waals surface area contributed by atoms with Crippen LogP contribution in [-0.2, 0) is 17.6 Å². The van der Waals surface area contributed by atoms with Crippen LogP contribution in [0.3, 0.4) is 0 Å². The van der Waals surface area contributed by atoms with E-state index in [0.29, 0.717) is 17.5 Å². The van der Waals surface area contributed by atoms with Gasteiger partial charge in [0.25, 0.3) is 0 Å². The largest absolute Gasteiger partial charge is 0.493 e. The van der Waals surface area contributed by atoms with Crippen LogP contribution in [0.4, 0.5) is 5.69 Å². The van der Waals surface area contributed by atoms with Gasteiger partial charge in [0, 0.05) is 22.4 Å². The molecule has 1 aromatic carbocycles. The summed E-state index contributed by atoms with van der Waals surface area (Å²) < 4.78 is 10.4. The number of anilines is 1. The number of aromatic nitrogens is 2. The van der Waals surface area contributed by atoms with Crippen LogP contribution in [0.25, 0.3) is 10.2 Å². The van der Waals surface area contributed by atoms with Gasteiger partial charge in [0.2, 0.25) is 5.91 Å². The van der Waals surface area contributed by atoms with Crippen LogP contribution < -0.4 is 14.8 Å². The molecule has 4 rings (SSSR count). The molecule has 2 N–H and O–H groups in total. The van der Waals surface area contributed by atoms with E-state index < -0.39 is 5.97 Å². The highest BCUT2D eigenvalue weighted by Gasteiger charge is 2.24. The number of methoxy groups -OCH3 is 2. The number of carbonyl (C=O) groups is 2. The second-order valence-electron chi connectivity index (χ2n) is 8.00. The first-order valence-corrected chi connectivity index (χ1v) is 12.3. The third-order valence-corrected chi connectivity index (χ3v) is 7.73. The Labute approximate surface area is 199 Å². The van der Waals surface area contributed by atoms with Crippen molar-refractivity contribution in [3.63, 3.8) is 0 Å². The number of hydrogen-bond acceptors (Lipinski definition) is 8. The minimum Gasteiger partial charge on any atom is -0.493 e. The van der Waals surface area contributed by atoms with Gasteiger partial charge in [-0.2, -0.15) is 0 Å². The molecular formula is C23H25N3O5S2. The number of thioether (sulfide) groups is 1. The average Bonchev–Trinajstić information content (AvgIpc) is 3.13. The minimum absolute atomic E-state index is 0.0766. The molecule has 3 aromatic rings. The Morgan fingerprint density at radius 3 is 2.67 bits per heavy atom. The second kappa shape index (κ2) is 9.56. The first-order chi connectivity index (χ1) is 15.8. The van der Waals surface area contributed by atoms with Crippen molar-refractivity contribution in [2.45, 2.75) is 38.1 Å². The van der Waals surface area contributed by atoms with Crippen LogP contribution in [-0.4, -0.2) is 46.9 Å². The highest BCUT2D eigenvalue weighted by atomic mass is 32.2. The predicted molar refractivity (Wildman–Crippen MR) is 129 cm³/mol. The maximum atomic E-state index is 12.8. The molecule has 1 aliphatic rings. The zero-order valence-corrected chi connectivity index (χ0v) is 20.5. The predicted octanol–water partition coefficient (Wildman–Crippen LogP) is 4.57. The summed E-state index contributed by atoms with van der Waals surface area (Å²) in [4.78, 5) is 36.1. The van der Waals surface area contributed by atoms with Gasteiger partial charge in [0.05, 0.1) is 31.2 Å². The molecule has 1 atom stereocenters. The van der Waals surface area contributed by atoms with Gasteiger partial charge in [-0.3, -0.25) is 4.79 Å². The highest BCUT2D eigenvalue weighted by molar-refractivity contribution is 8.00. The van der Waals surface area contributed by atoms with Gasteiger partial charge in [0.15, 0.2) is 11.5 Å². The first-order valence-electron chi connectivity index (χ1n) is 10.5. The SMILES string of the molecule is COc1cc(NC(=O)CSc2nc(C)nc3sc4c(c23)CCC(C)C4)c(C(=O)O)cc1OC. The van der Waals surface area contributed by atoms with Crippen molar-refractivity contribution in [1.82, 2.24) is 9.97 Å². The molecular weight excluding hydrogens is 462 g/mol. The highest BCUT2D eigenvalue weighted by Crippen LogP contribution is 2.41. The second-order valence-corrected chi connectivity index (χ2v) is 10.1. The number of rotatable bonds is 7. The summed E-state index contributed by atoms with van der Waals surface area (Å²) in [6, 6.07) is 2.79. The van der Waals surface area contributed by atoms with Crippen LogP contribution in [0.5, 0.6) is 11.5 Å². The zero-order valence-electron chi connectivity index (χ0n) is 18.9. The van der Waals surface area contributed by atoms with Crippen molar-refractivity contribution in [1.29, 1.82) is 0 Å². The third kappa shape index (κ3) is 4.77. The fourth-order valence-corrected chi connectivity index (χ4v) is 6.39. The first kappa shape index (κ1) is 23.3. The molecule has 1 unspecified atom stereocenters. The van der Waals surface area contributed by atoms with Crippen molar-refractivity contribution >= 4 is 50.9 Å². The van der Waals surface area contributed by atoms with E-state index in [4.69, 9.17) is 9.47 Å². The van der Waals surface area contributed by atoms with E-state index in [1.54, 1.807) is 11.3 Å². The van der Waals surface area contributed by atoms with E-state index in [2.05, 4.69) is 22.2 Å². The number of aromatic carboxylic acids is 1. The number of benzene rings is 1. The number of carboxylic acids is 1. The van der Waals surface area contributed by atoms with Gasteiger partial charge in [-0.15, -0.1) is 11.3 Å². The van der Waals surface area contributed by atoms with Crippen molar-refractivity contribution in [3.05, 3.63) is 34.0 Å². The minimum atomic E-state index is -1.17. The van der Waals surface area contributed by atoms with Crippen molar-refractivity contribution in [3.8, 4) is 11.5 Å². The molecule has 10 heteroatoms. The average molecular weight is 488 g/mol. The number of aryl methyl sites for hydroxylation is 2. The number of thiophene rings is 1. The summed E-state index contributed by atoms with van der Waals surface area (Å²) >= 11 is 3.07. The Morgan fingerprint density at radius 2 is 1.97 bits per heavy atom. The van der Waals surface area contributed by atoms with Gasteiger partial charge < -0.3 is 19.9 Å². The molecule has 0 aliphatic heterocycles. The Bertz CT molecular complexity index is 1240. The van der Waals surface area contributed by atoms with Crippen molar-refractivity contribution < 1.29 is 24.2 Å². The lowest BCUT2D eigenvalue weighted by Gasteiger charge is -2.18. The Kier molecular flexibility index (Phi) is 6.76.